The van der Waals surface area contributed by atoms with Crippen molar-refractivity contribution in [2.45, 2.75) is 11.7 Å². The van der Waals surface area contributed by atoms with Gasteiger partial charge < -0.3 is 9.41 Å². The van der Waals surface area contributed by atoms with E-state index in [4.69, 9.17) is 0 Å². The summed E-state index contributed by atoms with van der Waals surface area (Å²) in [5.74, 6) is 0. The van der Waals surface area contributed by atoms with Crippen LogP contribution in [0.5, 0.6) is 0 Å². The van der Waals surface area contributed by atoms with Crippen LogP contribution in [0, 0.1) is 0 Å². The Balaban J connectivity index is 0. The number of hydrogen-bond acceptors (Lipinski definition) is 0. The second kappa shape index (κ2) is 7.72. The van der Waals surface area contributed by atoms with E-state index in [0.29, 0.717) is 0 Å². The van der Waals surface area contributed by atoms with Crippen LogP contribution in [-0.4, -0.2) is 16.3 Å². The molecule has 0 aliphatic rings. The Morgan fingerprint density at radius 3 is 2.00 bits per heavy atom. The predicted octanol–water partition coefficient (Wildman–Crippen LogP) is -4.18. The van der Waals surface area contributed by atoms with Crippen molar-refractivity contribution in [3.05, 3.63) is 35.9 Å². The molecule has 0 saturated carbocycles. The maximum absolute atomic E-state index is 2.73. The summed E-state index contributed by atoms with van der Waals surface area (Å²) in [4.78, 5) is 0. The normalized spacial score (nSPS) is 7.82. The predicted molar refractivity (Wildman–Crippen MR) is 40.7 cm³/mol. The first-order valence-corrected chi connectivity index (χ1v) is 3.99. The first kappa shape index (κ1) is 13.2. The van der Waals surface area contributed by atoms with E-state index in [-0.39, 0.29) is 9.41 Å². The summed E-state index contributed by atoms with van der Waals surface area (Å²) in [6, 6.07) is 10.5. The van der Waals surface area contributed by atoms with Gasteiger partial charge in [0.1, 0.15) is 0 Å². The zero-order valence-corrected chi connectivity index (χ0v) is 7.29. The van der Waals surface area contributed by atoms with Gasteiger partial charge in [-0.25, -0.2) is 0 Å². The second-order valence-corrected chi connectivity index (χ2v) is 2.60. The van der Waals surface area contributed by atoms with Crippen LogP contribution < -0.4 is 9.41 Å². The van der Waals surface area contributed by atoms with Crippen LogP contribution in [0.15, 0.2) is 30.3 Å². The first-order chi connectivity index (χ1) is 4.43. The van der Waals surface area contributed by atoms with Crippen molar-refractivity contribution in [2.75, 3.05) is 0 Å². The fourth-order valence-corrected chi connectivity index (χ4v) is 1.14. The fourth-order valence-electron chi connectivity index (χ4n) is 0.811. The van der Waals surface area contributed by atoms with E-state index in [1.54, 1.807) is 0 Å². The minimum Gasteiger partial charge on any atom is -1.00 e. The molecule has 1 aromatic carbocycles. The van der Waals surface area contributed by atoms with Gasteiger partial charge in [0, 0.05) is 0 Å². The minimum atomic E-state index is 0. The number of aryl methyl sites for hydroxylation is 1. The van der Waals surface area contributed by atoms with Gasteiger partial charge in [-0.15, -0.1) is 0 Å². The van der Waals surface area contributed by atoms with E-state index < -0.39 is 0 Å². The average molecular weight is 170 g/mol. The van der Waals surface area contributed by atoms with Crippen molar-refractivity contribution < 1.29 is 9.41 Å². The summed E-state index contributed by atoms with van der Waals surface area (Å²) in [7, 11) is 0. The van der Waals surface area contributed by atoms with E-state index in [1.807, 2.05) is 6.07 Å². The molecule has 0 saturated heterocycles. The Labute approximate surface area is 73.8 Å². The molecular formula is C8H9AlF2. The topological polar surface area (TPSA) is 0 Å². The molecule has 1 aromatic rings. The molecule has 1 rings (SSSR count). The molecule has 0 amide bonds. The van der Waals surface area contributed by atoms with Crippen LogP contribution in [0.4, 0.5) is 0 Å². The molecule has 58 valence electrons. The Bertz CT molecular complexity index is 165. The van der Waals surface area contributed by atoms with Crippen molar-refractivity contribution in [2.24, 2.45) is 0 Å². The molecule has 0 aliphatic carbocycles. The van der Waals surface area contributed by atoms with Crippen LogP contribution in [0.2, 0.25) is 5.28 Å². The van der Waals surface area contributed by atoms with Gasteiger partial charge in [-0.05, 0) is 0 Å². The number of hydrogen-bond donors (Lipinski definition) is 0. The fraction of sp³-hybridized carbons (Fsp3) is 0.250. The monoisotopic (exact) mass is 170 g/mol. The largest absolute Gasteiger partial charge is 1.00 e. The number of benzene rings is 1. The summed E-state index contributed by atoms with van der Waals surface area (Å²) >= 11 is 2.73. The first-order valence-electron chi connectivity index (χ1n) is 3.17. The summed E-state index contributed by atoms with van der Waals surface area (Å²) in [6.07, 6.45) is 1.17. The number of rotatable bonds is 2. The van der Waals surface area contributed by atoms with E-state index in [9.17, 15) is 0 Å². The smallest absolute Gasteiger partial charge is 1.00 e. The van der Waals surface area contributed by atoms with Crippen molar-refractivity contribution in [1.82, 2.24) is 0 Å². The standard InChI is InChI=1S/C8H9.Al.2FH/c1-2-8-6-4-3-5-7-8;;;/h3-7H,1-2H2;;2*1H/q;+2;;/p-2. The molecule has 0 bridgehead atoms. The molecule has 0 fully saturated rings. The van der Waals surface area contributed by atoms with Crippen molar-refractivity contribution >= 4 is 16.3 Å². The quantitative estimate of drug-likeness (QED) is 0.395. The third kappa shape index (κ3) is 4.95. The molecule has 0 N–H and O–H groups in total. The molecule has 0 spiro atoms. The minimum absolute atomic E-state index is 0. The summed E-state index contributed by atoms with van der Waals surface area (Å²) in [5, 5.41) is 1.16. The van der Waals surface area contributed by atoms with E-state index in [1.165, 1.54) is 12.0 Å². The van der Waals surface area contributed by atoms with Gasteiger partial charge in [0.2, 0.25) is 0 Å². The van der Waals surface area contributed by atoms with Gasteiger partial charge in [0.25, 0.3) is 0 Å². The van der Waals surface area contributed by atoms with Crippen molar-refractivity contribution in [3.8, 4) is 0 Å². The molecule has 3 heteroatoms. The van der Waals surface area contributed by atoms with Crippen LogP contribution in [0.1, 0.15) is 5.56 Å². The third-order valence-electron chi connectivity index (χ3n) is 1.28. The Morgan fingerprint density at radius 1 is 1.00 bits per heavy atom. The summed E-state index contributed by atoms with van der Waals surface area (Å²) in [6.45, 7) is 0. The zero-order valence-electron chi connectivity index (χ0n) is 6.13. The van der Waals surface area contributed by atoms with Gasteiger partial charge >= 0.3 is 63.9 Å². The molecule has 0 heterocycles. The van der Waals surface area contributed by atoms with Gasteiger partial charge in [-0.2, -0.15) is 0 Å². The van der Waals surface area contributed by atoms with Gasteiger partial charge in [0.05, 0.1) is 0 Å². The SMILES string of the molecule is [Al+2][CH2]Cc1ccccc1.[F-].[F-]. The Hall–Kier alpha value is -0.388. The van der Waals surface area contributed by atoms with E-state index >= 15 is 0 Å². The van der Waals surface area contributed by atoms with Gasteiger partial charge in [0.15, 0.2) is 0 Å². The molecule has 0 radical (unpaired) electrons. The van der Waals surface area contributed by atoms with Gasteiger partial charge in [-0.1, -0.05) is 0 Å². The van der Waals surface area contributed by atoms with E-state index in [0.717, 1.165) is 5.28 Å². The summed E-state index contributed by atoms with van der Waals surface area (Å²) in [5.41, 5.74) is 1.42. The van der Waals surface area contributed by atoms with Crippen LogP contribution >= 0.6 is 0 Å². The molecule has 0 unspecified atom stereocenters. The van der Waals surface area contributed by atoms with Crippen molar-refractivity contribution in [1.29, 1.82) is 0 Å². The Kier molecular flexibility index (Phi) is 9.27. The van der Waals surface area contributed by atoms with Crippen LogP contribution in [-0.2, 0) is 6.42 Å². The second-order valence-electron chi connectivity index (χ2n) is 2.02. The van der Waals surface area contributed by atoms with Crippen LogP contribution in [0.25, 0.3) is 0 Å². The van der Waals surface area contributed by atoms with Crippen LogP contribution in [0.3, 0.4) is 0 Å². The van der Waals surface area contributed by atoms with Crippen molar-refractivity contribution in [3.63, 3.8) is 0 Å². The van der Waals surface area contributed by atoms with Gasteiger partial charge in [-0.3, -0.25) is 0 Å². The molecule has 0 aromatic heterocycles. The molecule has 11 heavy (non-hydrogen) atoms. The molecular weight excluding hydrogens is 161 g/mol. The zero-order chi connectivity index (χ0) is 6.53. The molecule has 0 aliphatic heterocycles. The number of halogens is 2. The van der Waals surface area contributed by atoms with E-state index in [2.05, 4.69) is 40.6 Å². The molecule has 0 nitrogen and oxygen atoms in total. The maximum Gasteiger partial charge on any atom is -1.00 e. The summed E-state index contributed by atoms with van der Waals surface area (Å²) < 4.78 is 0. The average Bonchev–Trinajstić information content (AvgIpc) is 1.91. The maximum atomic E-state index is 2.73. The Morgan fingerprint density at radius 2 is 1.55 bits per heavy atom. The molecule has 0 atom stereocenters. The third-order valence-corrected chi connectivity index (χ3v) is 1.56.